The summed E-state index contributed by atoms with van der Waals surface area (Å²) in [4.78, 5) is 34.2. The van der Waals surface area contributed by atoms with Gasteiger partial charge in [-0.05, 0) is 48.6 Å². The number of carbonyl (C=O) groups excluding carboxylic acids is 1. The summed E-state index contributed by atoms with van der Waals surface area (Å²) in [5.74, 6) is 1.42. The van der Waals surface area contributed by atoms with Crippen LogP contribution in [0.1, 0.15) is 23.7 Å². The third-order valence-electron chi connectivity index (χ3n) is 5.36. The Kier molecular flexibility index (Phi) is 4.31. The van der Waals surface area contributed by atoms with Crippen molar-refractivity contribution in [2.75, 3.05) is 11.1 Å². The maximum atomic E-state index is 12.6. The van der Waals surface area contributed by atoms with Gasteiger partial charge in [0.2, 0.25) is 5.91 Å². The molecule has 30 heavy (non-hydrogen) atoms. The number of nitrogen functional groups attached to an aromatic ring is 1. The number of nitrogens with two attached hydrogens (primary N) is 1. The molecule has 2 atom stereocenters. The summed E-state index contributed by atoms with van der Waals surface area (Å²) in [6.45, 7) is 2.00. The summed E-state index contributed by atoms with van der Waals surface area (Å²) < 4.78 is 0. The van der Waals surface area contributed by atoms with E-state index in [1.54, 1.807) is 37.1 Å². The van der Waals surface area contributed by atoms with Gasteiger partial charge in [0, 0.05) is 53.8 Å². The van der Waals surface area contributed by atoms with E-state index in [0.29, 0.717) is 17.5 Å². The second-order valence-corrected chi connectivity index (χ2v) is 7.42. The molecule has 1 saturated carbocycles. The van der Waals surface area contributed by atoms with E-state index in [2.05, 4.69) is 30.2 Å². The van der Waals surface area contributed by atoms with E-state index in [-0.39, 0.29) is 17.7 Å². The summed E-state index contributed by atoms with van der Waals surface area (Å²) in [6.07, 6.45) is 9.28. The molecule has 8 heteroatoms. The molecule has 1 amide bonds. The zero-order valence-electron chi connectivity index (χ0n) is 16.3. The molecule has 0 radical (unpaired) electrons. The highest BCUT2D eigenvalue weighted by molar-refractivity contribution is 5.98. The molecule has 4 aromatic rings. The molecule has 0 unspecified atom stereocenters. The number of amides is 1. The molecule has 1 fully saturated rings. The molecule has 4 aromatic heterocycles. The van der Waals surface area contributed by atoms with Gasteiger partial charge in [-0.3, -0.25) is 9.78 Å². The number of rotatable bonds is 4. The van der Waals surface area contributed by atoms with Gasteiger partial charge in [0.1, 0.15) is 17.5 Å². The molecular formula is C22H19N7O. The van der Waals surface area contributed by atoms with Crippen LogP contribution in [0.5, 0.6) is 0 Å². The van der Waals surface area contributed by atoms with Crippen molar-refractivity contribution in [3.8, 4) is 11.3 Å². The fourth-order valence-corrected chi connectivity index (χ4v) is 3.60. The molecule has 0 bridgehead atoms. The molecule has 5 rings (SSSR count). The zero-order chi connectivity index (χ0) is 20.7. The topological polar surface area (TPSA) is 120 Å². The van der Waals surface area contributed by atoms with Gasteiger partial charge in [0.15, 0.2) is 0 Å². The fraction of sp³-hybridized carbons (Fsp3) is 0.182. The van der Waals surface area contributed by atoms with Crippen molar-refractivity contribution in [3.05, 3.63) is 66.6 Å². The highest BCUT2D eigenvalue weighted by atomic mass is 16.2. The lowest BCUT2D eigenvalue weighted by atomic mass is 10.1. The molecule has 3 N–H and O–H groups in total. The number of nitrogens with one attached hydrogen (secondary N) is 1. The van der Waals surface area contributed by atoms with Crippen LogP contribution in [-0.4, -0.2) is 30.8 Å². The van der Waals surface area contributed by atoms with Crippen LogP contribution in [0.4, 0.5) is 11.6 Å². The van der Waals surface area contributed by atoms with Gasteiger partial charge in [-0.1, -0.05) is 0 Å². The average Bonchev–Trinajstić information content (AvgIpc) is 3.56. The normalized spacial score (nSPS) is 17.6. The first-order chi connectivity index (χ1) is 14.6. The van der Waals surface area contributed by atoms with Crippen LogP contribution in [0.2, 0.25) is 0 Å². The maximum absolute atomic E-state index is 12.6. The smallest absolute Gasteiger partial charge is 0.229 e. The van der Waals surface area contributed by atoms with Crippen LogP contribution in [0.3, 0.4) is 0 Å². The number of pyridine rings is 3. The van der Waals surface area contributed by atoms with E-state index in [1.165, 1.54) is 0 Å². The van der Waals surface area contributed by atoms with Crippen LogP contribution in [0, 0.1) is 12.8 Å². The van der Waals surface area contributed by atoms with E-state index >= 15 is 0 Å². The lowest BCUT2D eigenvalue weighted by molar-refractivity contribution is -0.117. The highest BCUT2D eigenvalue weighted by Gasteiger charge is 2.46. The Labute approximate surface area is 172 Å². The van der Waals surface area contributed by atoms with Crippen LogP contribution < -0.4 is 11.1 Å². The predicted octanol–water partition coefficient (Wildman–Crippen LogP) is 3.11. The van der Waals surface area contributed by atoms with Crippen molar-refractivity contribution in [1.29, 1.82) is 0 Å². The third-order valence-corrected chi connectivity index (χ3v) is 5.36. The minimum Gasteiger partial charge on any atom is -0.383 e. The largest absolute Gasteiger partial charge is 0.383 e. The molecule has 0 saturated heterocycles. The van der Waals surface area contributed by atoms with Gasteiger partial charge in [-0.2, -0.15) is 0 Å². The molecule has 1 aliphatic carbocycles. The number of carbonyl (C=O) groups is 1. The average molecular weight is 397 g/mol. The second kappa shape index (κ2) is 7.14. The van der Waals surface area contributed by atoms with Crippen molar-refractivity contribution < 1.29 is 4.79 Å². The van der Waals surface area contributed by atoms with E-state index in [4.69, 9.17) is 5.73 Å². The van der Waals surface area contributed by atoms with Gasteiger partial charge in [0.05, 0.1) is 5.69 Å². The summed E-state index contributed by atoms with van der Waals surface area (Å²) in [6, 6.07) is 7.45. The van der Waals surface area contributed by atoms with Crippen molar-refractivity contribution in [1.82, 2.24) is 24.9 Å². The molecule has 0 spiro atoms. The van der Waals surface area contributed by atoms with Crippen molar-refractivity contribution in [3.63, 3.8) is 0 Å². The Morgan fingerprint density at radius 3 is 2.77 bits per heavy atom. The van der Waals surface area contributed by atoms with E-state index in [0.717, 1.165) is 34.0 Å². The molecule has 1 aliphatic rings. The Morgan fingerprint density at radius 1 is 1.13 bits per heavy atom. The molecule has 0 aromatic carbocycles. The lowest BCUT2D eigenvalue weighted by Gasteiger charge is -2.10. The predicted molar refractivity (Wildman–Crippen MR) is 113 cm³/mol. The molecule has 0 aliphatic heterocycles. The molecule has 4 heterocycles. The lowest BCUT2D eigenvalue weighted by Crippen LogP contribution is -2.15. The molecular weight excluding hydrogens is 378 g/mol. The van der Waals surface area contributed by atoms with Crippen molar-refractivity contribution in [2.24, 2.45) is 5.92 Å². The van der Waals surface area contributed by atoms with E-state index < -0.39 is 0 Å². The SMILES string of the molecule is Cc1ccncc1-c1cc2cc(NC(=O)[C@H]3C[C@@H]3c3ncccn3)ncc2c(N)n1. The van der Waals surface area contributed by atoms with Crippen LogP contribution in [0.15, 0.2) is 55.2 Å². The Balaban J connectivity index is 1.41. The summed E-state index contributed by atoms with van der Waals surface area (Å²) >= 11 is 0. The van der Waals surface area contributed by atoms with Crippen LogP contribution >= 0.6 is 0 Å². The fourth-order valence-electron chi connectivity index (χ4n) is 3.60. The van der Waals surface area contributed by atoms with Gasteiger partial charge in [-0.25, -0.2) is 19.9 Å². The Hall–Kier alpha value is -3.94. The number of aromatic nitrogens is 5. The quantitative estimate of drug-likeness (QED) is 0.543. The third kappa shape index (κ3) is 3.32. The first-order valence-electron chi connectivity index (χ1n) is 9.65. The number of fused-ring (bicyclic) bond motifs is 1. The zero-order valence-corrected chi connectivity index (χ0v) is 16.3. The highest BCUT2D eigenvalue weighted by Crippen LogP contribution is 2.46. The van der Waals surface area contributed by atoms with Crippen LogP contribution in [-0.2, 0) is 4.79 Å². The van der Waals surface area contributed by atoms with Gasteiger partial charge >= 0.3 is 0 Å². The minimum atomic E-state index is -0.138. The summed E-state index contributed by atoms with van der Waals surface area (Å²) in [7, 11) is 0. The van der Waals surface area contributed by atoms with Crippen LogP contribution in [0.25, 0.3) is 22.0 Å². The number of hydrogen-bond donors (Lipinski definition) is 2. The van der Waals surface area contributed by atoms with Crippen molar-refractivity contribution >= 4 is 28.3 Å². The number of aryl methyl sites for hydroxylation is 1. The monoisotopic (exact) mass is 397 g/mol. The van der Waals surface area contributed by atoms with Crippen molar-refractivity contribution in [2.45, 2.75) is 19.3 Å². The standard InChI is InChI=1S/C22H19N7O/c1-12-3-6-24-10-16(12)18-7-13-8-19(27-11-17(13)20(23)28-18)29-22(30)15-9-14(15)21-25-4-2-5-26-21/h2-8,10-11,14-15H,9H2,1H3,(H2,23,28)(H,27,29,30)/t14-,15-/m0/s1. The van der Waals surface area contributed by atoms with E-state index in [9.17, 15) is 4.79 Å². The number of nitrogens with zero attached hydrogens (tertiary/aromatic N) is 5. The Morgan fingerprint density at radius 2 is 1.97 bits per heavy atom. The van der Waals surface area contributed by atoms with Gasteiger partial charge in [0.25, 0.3) is 0 Å². The maximum Gasteiger partial charge on any atom is 0.229 e. The first kappa shape index (κ1) is 18.1. The number of anilines is 2. The number of hydrogen-bond acceptors (Lipinski definition) is 7. The molecule has 148 valence electrons. The summed E-state index contributed by atoms with van der Waals surface area (Å²) in [5.41, 5.74) is 8.87. The van der Waals surface area contributed by atoms with E-state index in [1.807, 2.05) is 25.1 Å². The van der Waals surface area contributed by atoms with Gasteiger partial charge < -0.3 is 11.1 Å². The Bertz CT molecular complexity index is 1260. The second-order valence-electron chi connectivity index (χ2n) is 7.42. The minimum absolute atomic E-state index is 0.0617. The van der Waals surface area contributed by atoms with Gasteiger partial charge in [-0.15, -0.1) is 0 Å². The molecule has 8 nitrogen and oxygen atoms in total. The summed E-state index contributed by atoms with van der Waals surface area (Å²) in [5, 5.41) is 4.49. The first-order valence-corrected chi connectivity index (χ1v) is 9.65.